The molecular formula is C22H24FN2O+. The molecule has 26 heavy (non-hydrogen) atoms. The Hall–Kier alpha value is -2.75. The van der Waals surface area contributed by atoms with Crippen molar-refractivity contribution in [1.29, 1.82) is 0 Å². The second kappa shape index (κ2) is 7.24. The Kier molecular flexibility index (Phi) is 5.03. The fourth-order valence-corrected chi connectivity index (χ4v) is 3.27. The van der Waals surface area contributed by atoms with E-state index in [0.29, 0.717) is 5.56 Å². The minimum absolute atomic E-state index is 0.212. The van der Waals surface area contributed by atoms with Gasteiger partial charge < -0.3 is 0 Å². The zero-order valence-corrected chi connectivity index (χ0v) is 15.3. The number of carbonyl (C=O) groups is 1. The molecule has 2 aromatic rings. The average Bonchev–Trinajstić information content (AvgIpc) is 2.83. The van der Waals surface area contributed by atoms with Crippen LogP contribution in [-0.4, -0.2) is 40.3 Å². The van der Waals surface area contributed by atoms with Gasteiger partial charge in [0.25, 0.3) is 11.9 Å². The Morgan fingerprint density at radius 1 is 1.08 bits per heavy atom. The van der Waals surface area contributed by atoms with Crippen LogP contribution in [0.5, 0.6) is 0 Å². The molecule has 2 aromatic carbocycles. The molecule has 1 fully saturated rings. The van der Waals surface area contributed by atoms with E-state index in [9.17, 15) is 4.79 Å². The highest BCUT2D eigenvalue weighted by molar-refractivity contribution is 5.85. The molecule has 1 unspecified atom stereocenters. The molecule has 0 radical (unpaired) electrons. The summed E-state index contributed by atoms with van der Waals surface area (Å²) in [6, 6.07) is 17.9. The topological polar surface area (TPSA) is 23.3 Å². The number of likely N-dealkylation sites (N-methyl/N-ethyl adjacent to an activating group) is 1. The van der Waals surface area contributed by atoms with Gasteiger partial charge in [0, 0.05) is 27.0 Å². The molecular weight excluding hydrogens is 327 g/mol. The Labute approximate surface area is 154 Å². The third-order valence-electron chi connectivity index (χ3n) is 5.07. The van der Waals surface area contributed by atoms with Crippen molar-refractivity contribution >= 4 is 18.2 Å². The van der Waals surface area contributed by atoms with Gasteiger partial charge in [0.05, 0.1) is 0 Å². The highest BCUT2D eigenvalue weighted by Gasteiger charge is 2.57. The van der Waals surface area contributed by atoms with E-state index in [4.69, 9.17) is 0 Å². The Morgan fingerprint density at radius 3 is 2.27 bits per heavy atom. The van der Waals surface area contributed by atoms with Gasteiger partial charge in [-0.15, -0.1) is 0 Å². The van der Waals surface area contributed by atoms with Gasteiger partial charge in [0.1, 0.15) is 0 Å². The van der Waals surface area contributed by atoms with Crippen LogP contribution in [0.1, 0.15) is 31.1 Å². The van der Waals surface area contributed by atoms with E-state index in [-0.39, 0.29) is 5.91 Å². The monoisotopic (exact) mass is 351 g/mol. The molecule has 1 saturated heterocycles. The number of amides is 1. The van der Waals surface area contributed by atoms with E-state index in [1.807, 2.05) is 73.2 Å². The van der Waals surface area contributed by atoms with Gasteiger partial charge in [-0.25, -0.2) is 4.39 Å². The predicted octanol–water partition coefficient (Wildman–Crippen LogP) is 4.07. The summed E-state index contributed by atoms with van der Waals surface area (Å²) in [5, 5.41) is 0. The maximum absolute atomic E-state index is 15.3. The molecule has 0 aromatic heterocycles. The van der Waals surface area contributed by atoms with E-state index < -0.39 is 17.9 Å². The van der Waals surface area contributed by atoms with Gasteiger partial charge in [0.2, 0.25) is 5.66 Å². The van der Waals surface area contributed by atoms with Crippen LogP contribution in [0.4, 0.5) is 4.39 Å². The number of carbonyl (C=O) groups excluding carboxylic acids is 1. The van der Waals surface area contributed by atoms with Crippen molar-refractivity contribution in [3.63, 3.8) is 0 Å². The molecule has 2 atom stereocenters. The lowest BCUT2D eigenvalue weighted by Gasteiger charge is -2.22. The summed E-state index contributed by atoms with van der Waals surface area (Å²) in [7, 11) is 1.72. The number of nitrogens with zero attached hydrogens (tertiary/aromatic N) is 2. The maximum Gasteiger partial charge on any atom is 0.299 e. The van der Waals surface area contributed by atoms with Crippen LogP contribution in [0.2, 0.25) is 0 Å². The summed E-state index contributed by atoms with van der Waals surface area (Å²) in [6.45, 7) is 3.85. The summed E-state index contributed by atoms with van der Waals surface area (Å²) in [5.74, 6) is -0.212. The lowest BCUT2D eigenvalue weighted by atomic mass is 10.0. The average molecular weight is 351 g/mol. The highest BCUT2D eigenvalue weighted by atomic mass is 19.1. The summed E-state index contributed by atoms with van der Waals surface area (Å²) in [5.41, 5.74) is 0.960. The molecule has 0 spiro atoms. The molecule has 134 valence electrons. The van der Waals surface area contributed by atoms with Gasteiger partial charge in [-0.1, -0.05) is 60.7 Å². The number of rotatable bonds is 4. The van der Waals surface area contributed by atoms with E-state index in [0.717, 1.165) is 5.56 Å². The van der Waals surface area contributed by atoms with Gasteiger partial charge in [-0.3, -0.25) is 9.69 Å². The number of benzene rings is 2. The molecule has 0 saturated carbocycles. The van der Waals surface area contributed by atoms with Crippen molar-refractivity contribution in [2.75, 3.05) is 7.05 Å². The predicted molar refractivity (Wildman–Crippen MR) is 103 cm³/mol. The number of hydrogen-bond acceptors (Lipinski definition) is 1. The molecule has 3 rings (SSSR count). The van der Waals surface area contributed by atoms with Crippen molar-refractivity contribution in [3.8, 4) is 0 Å². The number of halogens is 1. The summed E-state index contributed by atoms with van der Waals surface area (Å²) in [4.78, 5) is 14.4. The molecule has 1 heterocycles. The zero-order chi connectivity index (χ0) is 18.7. The van der Waals surface area contributed by atoms with Gasteiger partial charge in [0.15, 0.2) is 12.4 Å². The van der Waals surface area contributed by atoms with Crippen molar-refractivity contribution in [1.82, 2.24) is 4.90 Å². The minimum atomic E-state index is -1.39. The van der Waals surface area contributed by atoms with Gasteiger partial charge in [-0.05, 0) is 17.2 Å². The SMILES string of the molecule is CN1C(=O)[C@H](C(F)c2ccccc2)/[N+](=C\C=C\c2ccccc2)C1(C)C. The van der Waals surface area contributed by atoms with E-state index >= 15 is 4.39 Å². The molecule has 0 bridgehead atoms. The molecule has 1 aliphatic rings. The smallest absolute Gasteiger partial charge is 0.280 e. The van der Waals surface area contributed by atoms with Gasteiger partial charge >= 0.3 is 0 Å². The number of alkyl halides is 1. The maximum atomic E-state index is 15.3. The first kappa shape index (κ1) is 18.1. The largest absolute Gasteiger partial charge is 0.299 e. The third-order valence-corrected chi connectivity index (χ3v) is 5.07. The molecule has 1 aliphatic heterocycles. The lowest BCUT2D eigenvalue weighted by molar-refractivity contribution is -0.622. The van der Waals surface area contributed by atoms with Crippen molar-refractivity contribution in [2.24, 2.45) is 0 Å². The number of allylic oxidation sites excluding steroid dienone is 1. The second-order valence-electron chi connectivity index (χ2n) is 6.98. The quantitative estimate of drug-likeness (QED) is 0.762. The molecule has 4 heteroatoms. The fourth-order valence-electron chi connectivity index (χ4n) is 3.27. The van der Waals surface area contributed by atoms with Crippen molar-refractivity contribution < 1.29 is 13.8 Å². The third kappa shape index (κ3) is 3.32. The summed E-state index contributed by atoms with van der Waals surface area (Å²) < 4.78 is 17.1. The normalized spacial score (nSPS) is 22.3. The van der Waals surface area contributed by atoms with E-state index in [2.05, 4.69) is 0 Å². The molecule has 1 amide bonds. The standard InChI is InChI=1S/C22H24FN2O/c1-22(2)24(3)21(26)20(19(23)18-14-8-5-9-15-18)25(22)16-10-13-17-11-6-4-7-12-17/h4-16,19-20H,1-3H3/q+1/b13-10+,25-16+/t19?,20-/m0/s1. The minimum Gasteiger partial charge on any atom is -0.280 e. The highest BCUT2D eigenvalue weighted by Crippen LogP contribution is 2.34. The first-order valence-electron chi connectivity index (χ1n) is 8.74. The van der Waals surface area contributed by atoms with Crippen LogP contribution in [0, 0.1) is 0 Å². The fraction of sp³-hybridized carbons (Fsp3) is 0.273. The zero-order valence-electron chi connectivity index (χ0n) is 15.3. The molecule has 0 N–H and O–H groups in total. The first-order valence-corrected chi connectivity index (χ1v) is 8.74. The molecule has 3 nitrogen and oxygen atoms in total. The summed E-state index contributed by atoms with van der Waals surface area (Å²) >= 11 is 0. The van der Waals surface area contributed by atoms with E-state index in [1.165, 1.54) is 0 Å². The van der Waals surface area contributed by atoms with Crippen LogP contribution in [-0.2, 0) is 4.79 Å². The summed E-state index contributed by atoms with van der Waals surface area (Å²) in [6.07, 6.45) is 4.24. The lowest BCUT2D eigenvalue weighted by Crippen LogP contribution is -2.43. The Bertz CT molecular complexity index is 828. The Morgan fingerprint density at radius 2 is 1.65 bits per heavy atom. The molecule has 0 aliphatic carbocycles. The number of hydrogen-bond donors (Lipinski definition) is 0. The van der Waals surface area contributed by atoms with Crippen molar-refractivity contribution in [3.05, 3.63) is 77.9 Å². The first-order chi connectivity index (χ1) is 12.4. The van der Waals surface area contributed by atoms with E-state index in [1.54, 1.807) is 36.2 Å². The van der Waals surface area contributed by atoms with Crippen LogP contribution in [0.3, 0.4) is 0 Å². The van der Waals surface area contributed by atoms with Crippen LogP contribution < -0.4 is 0 Å². The van der Waals surface area contributed by atoms with Crippen LogP contribution in [0.15, 0.2) is 66.7 Å². The van der Waals surface area contributed by atoms with Crippen LogP contribution in [0.25, 0.3) is 6.08 Å². The van der Waals surface area contributed by atoms with Gasteiger partial charge in [-0.2, -0.15) is 4.58 Å². The Balaban J connectivity index is 1.96. The van der Waals surface area contributed by atoms with Crippen molar-refractivity contribution in [2.45, 2.75) is 31.7 Å². The van der Waals surface area contributed by atoms with Crippen LogP contribution >= 0.6 is 0 Å². The second-order valence-corrected chi connectivity index (χ2v) is 6.98.